The lowest BCUT2D eigenvalue weighted by Gasteiger charge is -2.00. The smallest absolute Gasteiger partial charge is 0.165 e. The lowest BCUT2D eigenvalue weighted by molar-refractivity contribution is 0.466. The largest absolute Gasteiger partial charge is 0.450 e. The molecule has 0 radical (unpaired) electrons. The molecule has 3 rings (SSSR count). The molecule has 0 aliphatic carbocycles. The van der Waals surface area contributed by atoms with Crippen LogP contribution in [0.15, 0.2) is 75.1 Å². The van der Waals surface area contributed by atoms with E-state index in [0.717, 1.165) is 15.6 Å². The lowest BCUT2D eigenvalue weighted by Crippen LogP contribution is -1.81. The first-order valence-electron chi connectivity index (χ1n) is 7.67. The van der Waals surface area contributed by atoms with Crippen molar-refractivity contribution in [1.29, 1.82) is 5.26 Å². The molecule has 24 heavy (non-hydrogen) atoms. The topological polar surface area (TPSA) is 36.9 Å². The number of rotatable bonds is 4. The number of aryl methyl sites for hydroxylation is 2. The van der Waals surface area contributed by atoms with Crippen LogP contribution < -0.4 is 0 Å². The molecule has 3 aromatic rings. The third-order valence-electron chi connectivity index (χ3n) is 3.61. The average molecular weight is 331 g/mol. The maximum atomic E-state index is 9.41. The van der Waals surface area contributed by atoms with E-state index in [0.29, 0.717) is 11.3 Å². The summed E-state index contributed by atoms with van der Waals surface area (Å²) in [6.07, 6.45) is 1.78. The number of hydrogen-bond acceptors (Lipinski definition) is 3. The second-order valence-corrected chi connectivity index (χ2v) is 6.69. The second kappa shape index (κ2) is 7.25. The molecular weight excluding hydrogens is 314 g/mol. The molecule has 0 aliphatic rings. The van der Waals surface area contributed by atoms with Gasteiger partial charge in [0.15, 0.2) is 5.09 Å². The van der Waals surface area contributed by atoms with Gasteiger partial charge in [-0.15, -0.1) is 0 Å². The van der Waals surface area contributed by atoms with Crippen molar-refractivity contribution < 1.29 is 4.42 Å². The second-order valence-electron chi connectivity index (χ2n) is 5.61. The van der Waals surface area contributed by atoms with E-state index < -0.39 is 0 Å². The monoisotopic (exact) mass is 331 g/mol. The third kappa shape index (κ3) is 3.98. The highest BCUT2D eigenvalue weighted by molar-refractivity contribution is 7.99. The molecule has 2 aromatic carbocycles. The van der Waals surface area contributed by atoms with Crippen LogP contribution in [0.2, 0.25) is 0 Å². The Morgan fingerprint density at radius 2 is 1.54 bits per heavy atom. The zero-order chi connectivity index (χ0) is 16.9. The number of furan rings is 1. The molecule has 0 aliphatic heterocycles. The van der Waals surface area contributed by atoms with Gasteiger partial charge in [-0.05, 0) is 49.8 Å². The van der Waals surface area contributed by atoms with Crippen LogP contribution in [0.4, 0.5) is 0 Å². The number of allylic oxidation sites excluding steroid dienone is 1. The van der Waals surface area contributed by atoms with Crippen LogP contribution in [0.1, 0.15) is 22.5 Å². The summed E-state index contributed by atoms with van der Waals surface area (Å²) in [5.74, 6) is 0.682. The van der Waals surface area contributed by atoms with Crippen molar-refractivity contribution in [3.05, 3.63) is 83.1 Å². The zero-order valence-electron chi connectivity index (χ0n) is 13.6. The molecule has 1 aromatic heterocycles. The fraction of sp³-hybridized carbons (Fsp3) is 0.0952. The van der Waals surface area contributed by atoms with Crippen LogP contribution >= 0.6 is 11.8 Å². The number of nitrogens with zero attached hydrogens (tertiary/aromatic N) is 1. The van der Waals surface area contributed by atoms with Gasteiger partial charge in [-0.2, -0.15) is 5.26 Å². The van der Waals surface area contributed by atoms with E-state index >= 15 is 0 Å². The van der Waals surface area contributed by atoms with Crippen molar-refractivity contribution in [2.75, 3.05) is 0 Å². The molecule has 0 N–H and O–H groups in total. The first-order chi connectivity index (χ1) is 11.6. The molecule has 0 bridgehead atoms. The highest BCUT2D eigenvalue weighted by Gasteiger charge is 2.06. The summed E-state index contributed by atoms with van der Waals surface area (Å²) in [5, 5.41) is 10.2. The summed E-state index contributed by atoms with van der Waals surface area (Å²) in [5.41, 5.74) is 3.90. The minimum Gasteiger partial charge on any atom is -0.450 e. The average Bonchev–Trinajstić information content (AvgIpc) is 3.03. The van der Waals surface area contributed by atoms with Gasteiger partial charge >= 0.3 is 0 Å². The zero-order valence-corrected chi connectivity index (χ0v) is 14.4. The molecule has 1 heterocycles. The molecule has 0 fully saturated rings. The van der Waals surface area contributed by atoms with Gasteiger partial charge in [0.2, 0.25) is 0 Å². The number of nitriles is 1. The summed E-state index contributed by atoms with van der Waals surface area (Å²) in [4.78, 5) is 1.13. The van der Waals surface area contributed by atoms with Crippen molar-refractivity contribution in [3.63, 3.8) is 0 Å². The highest BCUT2D eigenvalue weighted by atomic mass is 32.2. The third-order valence-corrected chi connectivity index (χ3v) is 4.54. The molecule has 3 heteroatoms. The van der Waals surface area contributed by atoms with Gasteiger partial charge in [0.05, 0.1) is 11.6 Å². The highest BCUT2D eigenvalue weighted by Crippen LogP contribution is 2.30. The van der Waals surface area contributed by atoms with Gasteiger partial charge in [-0.25, -0.2) is 0 Å². The Morgan fingerprint density at radius 3 is 2.17 bits per heavy atom. The van der Waals surface area contributed by atoms with Crippen molar-refractivity contribution in [2.24, 2.45) is 0 Å². The molecule has 2 nitrogen and oxygen atoms in total. The molecule has 0 saturated heterocycles. The van der Waals surface area contributed by atoms with Gasteiger partial charge in [0, 0.05) is 4.90 Å². The normalized spacial score (nSPS) is 11.3. The van der Waals surface area contributed by atoms with Crippen LogP contribution in [-0.4, -0.2) is 0 Å². The summed E-state index contributed by atoms with van der Waals surface area (Å²) < 4.78 is 5.83. The molecule has 0 saturated carbocycles. The van der Waals surface area contributed by atoms with Gasteiger partial charge in [0.1, 0.15) is 5.76 Å². The van der Waals surface area contributed by atoms with Gasteiger partial charge in [-0.1, -0.05) is 59.3 Å². The van der Waals surface area contributed by atoms with E-state index in [2.05, 4.69) is 37.3 Å². The van der Waals surface area contributed by atoms with Crippen molar-refractivity contribution in [3.8, 4) is 6.07 Å². The SMILES string of the molecule is Cc1ccc(Sc2ccc(/C=C(/C#N)c3ccc(C)cc3)o2)cc1. The predicted octanol–water partition coefficient (Wildman–Crippen LogP) is 6.11. The van der Waals surface area contributed by atoms with Crippen molar-refractivity contribution in [2.45, 2.75) is 23.8 Å². The van der Waals surface area contributed by atoms with E-state index in [9.17, 15) is 5.26 Å². The van der Waals surface area contributed by atoms with E-state index in [-0.39, 0.29) is 0 Å². The lowest BCUT2D eigenvalue weighted by atomic mass is 10.0. The van der Waals surface area contributed by atoms with Gasteiger partial charge < -0.3 is 4.42 Å². The van der Waals surface area contributed by atoms with E-state index in [1.54, 1.807) is 17.8 Å². The van der Waals surface area contributed by atoms with Crippen LogP contribution in [0.25, 0.3) is 11.6 Å². The molecule has 118 valence electrons. The fourth-order valence-corrected chi connectivity index (χ4v) is 3.02. The van der Waals surface area contributed by atoms with Crippen molar-refractivity contribution >= 4 is 23.4 Å². The van der Waals surface area contributed by atoms with E-state index in [1.165, 1.54) is 11.1 Å². The Kier molecular flexibility index (Phi) is 4.88. The fourth-order valence-electron chi connectivity index (χ4n) is 2.24. The summed E-state index contributed by atoms with van der Waals surface area (Å²) in [6.45, 7) is 4.10. The molecule has 0 spiro atoms. The Balaban J connectivity index is 1.80. The Bertz CT molecular complexity index is 896. The van der Waals surface area contributed by atoms with E-state index in [1.807, 2.05) is 43.3 Å². The standard InChI is InChI=1S/C21H17NOS/c1-15-3-7-17(8-4-15)18(14-22)13-19-9-12-21(23-19)24-20-10-5-16(2)6-11-20/h3-13H,1-2H3/b18-13-. The van der Waals surface area contributed by atoms with Crippen LogP contribution in [0, 0.1) is 25.2 Å². The maximum Gasteiger partial charge on any atom is 0.165 e. The van der Waals surface area contributed by atoms with Gasteiger partial charge in [-0.3, -0.25) is 0 Å². The summed E-state index contributed by atoms with van der Waals surface area (Å²) >= 11 is 1.57. The predicted molar refractivity (Wildman–Crippen MR) is 98.7 cm³/mol. The van der Waals surface area contributed by atoms with E-state index in [4.69, 9.17) is 4.42 Å². The first-order valence-corrected chi connectivity index (χ1v) is 8.49. The molecule has 0 amide bonds. The Morgan fingerprint density at radius 1 is 0.917 bits per heavy atom. The van der Waals surface area contributed by atoms with Crippen LogP contribution in [-0.2, 0) is 0 Å². The van der Waals surface area contributed by atoms with Gasteiger partial charge in [0.25, 0.3) is 0 Å². The molecular formula is C21H17NOS. The van der Waals surface area contributed by atoms with Crippen molar-refractivity contribution in [1.82, 2.24) is 0 Å². The Hall–Kier alpha value is -2.70. The minimum atomic E-state index is 0.594. The summed E-state index contributed by atoms with van der Waals surface area (Å²) in [6, 6.07) is 22.3. The maximum absolute atomic E-state index is 9.41. The number of benzene rings is 2. The van der Waals surface area contributed by atoms with Crippen LogP contribution in [0.3, 0.4) is 0 Å². The molecule has 0 atom stereocenters. The Labute approximate surface area is 146 Å². The first kappa shape index (κ1) is 16.2. The molecule has 0 unspecified atom stereocenters. The minimum absolute atomic E-state index is 0.594. The van der Waals surface area contributed by atoms with Crippen LogP contribution in [0.5, 0.6) is 0 Å². The quantitative estimate of drug-likeness (QED) is 0.541. The summed E-state index contributed by atoms with van der Waals surface area (Å²) in [7, 11) is 0. The number of hydrogen-bond donors (Lipinski definition) is 0.